The molecule has 8 heteroatoms. The van der Waals surface area contributed by atoms with Crippen molar-refractivity contribution in [1.29, 1.82) is 0 Å². The number of nitrogens with zero attached hydrogens (tertiary/aromatic N) is 3. The minimum Gasteiger partial charge on any atom is -0.355 e. The van der Waals surface area contributed by atoms with E-state index in [0.29, 0.717) is 0 Å². The van der Waals surface area contributed by atoms with Crippen molar-refractivity contribution in [3.8, 4) is 17.1 Å². The van der Waals surface area contributed by atoms with Crippen LogP contribution >= 0.6 is 47.8 Å². The van der Waals surface area contributed by atoms with Crippen LogP contribution in [0.3, 0.4) is 0 Å². The molecule has 4 aromatic heterocycles. The second kappa shape index (κ2) is 18.2. The minimum absolute atomic E-state index is 0. The highest BCUT2D eigenvalue weighted by Crippen LogP contribution is 2.39. The van der Waals surface area contributed by atoms with Gasteiger partial charge in [0.05, 0.1) is 33.1 Å². The second-order valence-corrected chi connectivity index (χ2v) is 19.4. The number of nitrogens with one attached hydrogen (secondary N) is 1. The number of aromatic amines is 1. The summed E-state index contributed by atoms with van der Waals surface area (Å²) < 4.78 is 10.3. The van der Waals surface area contributed by atoms with Crippen molar-refractivity contribution >= 4 is 143 Å². The molecule has 0 aliphatic carbocycles. The van der Waals surface area contributed by atoms with Crippen LogP contribution in [0.5, 0.6) is 0 Å². The molecule has 0 fully saturated rings. The third kappa shape index (κ3) is 7.63. The molecule has 0 bridgehead atoms. The lowest BCUT2D eigenvalue weighted by Gasteiger charge is -2.10. The molecule has 1 N–H and O–H groups in total. The first-order valence-electron chi connectivity index (χ1n) is 22.2. The Labute approximate surface area is 420 Å². The van der Waals surface area contributed by atoms with Gasteiger partial charge in [-0.05, 0) is 121 Å². The van der Waals surface area contributed by atoms with Gasteiger partial charge in [-0.2, -0.15) is 0 Å². The van der Waals surface area contributed by atoms with Crippen LogP contribution in [0.2, 0.25) is 0 Å². The van der Waals surface area contributed by atoms with Gasteiger partial charge in [0.25, 0.3) is 0 Å². The lowest BCUT2D eigenvalue weighted by atomic mass is 10.1. The number of rotatable bonds is 3. The van der Waals surface area contributed by atoms with Gasteiger partial charge in [0.2, 0.25) is 0 Å². The number of aromatic nitrogens is 4. The Bertz CT molecular complexity index is 3990. The molecule has 14 rings (SSSR count). The Morgan fingerprint density at radius 1 is 0.250 bits per heavy atom. The van der Waals surface area contributed by atoms with Crippen LogP contribution in [-0.4, -0.2) is 27.1 Å². The molecule has 0 spiro atoms. The highest BCUT2D eigenvalue weighted by Gasteiger charge is 2.17. The van der Waals surface area contributed by atoms with E-state index in [2.05, 4.69) is 291 Å². The Kier molecular flexibility index (Phi) is 11.6. The number of benzene rings is 10. The van der Waals surface area contributed by atoms with Gasteiger partial charge in [0, 0.05) is 93.0 Å². The zero-order valence-electron chi connectivity index (χ0n) is 36.5. The summed E-state index contributed by atoms with van der Waals surface area (Å²) in [4.78, 5) is 3.38. The molecule has 4 nitrogen and oxygen atoms in total. The number of H-pyrrole nitrogens is 1. The van der Waals surface area contributed by atoms with Crippen molar-refractivity contribution in [3.05, 3.63) is 244 Å². The molecule has 0 unspecified atom stereocenters. The second-order valence-electron chi connectivity index (χ2n) is 16.6. The SMILES string of the molecule is Brc1ccc2c(c1)c1cc(-n3c4ccccc4c4ccccc43)ccc1n2-c1ccccc1.Brc1ccc2c(c1)c1cc(Br)ccc1n2-c1ccccc1.[B].c1ccc2c(c1)[nH]c1ccccc12. The molecular formula is C60H39BBr3N4. The van der Waals surface area contributed by atoms with Crippen LogP contribution in [0.4, 0.5) is 0 Å². The Balaban J connectivity index is 0.000000123. The van der Waals surface area contributed by atoms with Crippen LogP contribution in [0.1, 0.15) is 0 Å². The number of hydrogen-bond acceptors (Lipinski definition) is 0. The summed E-state index contributed by atoms with van der Waals surface area (Å²) in [6.45, 7) is 0. The van der Waals surface area contributed by atoms with E-state index < -0.39 is 0 Å². The van der Waals surface area contributed by atoms with E-state index >= 15 is 0 Å². The van der Waals surface area contributed by atoms with Gasteiger partial charge in [-0.15, -0.1) is 0 Å². The molecule has 4 heterocycles. The van der Waals surface area contributed by atoms with E-state index in [1.54, 1.807) is 0 Å². The van der Waals surface area contributed by atoms with Crippen LogP contribution in [0.15, 0.2) is 244 Å². The number of fused-ring (bicyclic) bond motifs is 12. The van der Waals surface area contributed by atoms with Crippen molar-refractivity contribution in [2.45, 2.75) is 0 Å². The first-order valence-corrected chi connectivity index (χ1v) is 24.5. The van der Waals surface area contributed by atoms with Gasteiger partial charge in [-0.25, -0.2) is 0 Å². The fourth-order valence-corrected chi connectivity index (χ4v) is 10.9. The summed E-state index contributed by atoms with van der Waals surface area (Å²) in [7, 11) is 0. The smallest absolute Gasteiger partial charge is 0.0542 e. The highest BCUT2D eigenvalue weighted by atomic mass is 79.9. The first kappa shape index (κ1) is 43.5. The summed E-state index contributed by atoms with van der Waals surface area (Å²) in [6.07, 6.45) is 0. The van der Waals surface area contributed by atoms with Crippen LogP contribution in [0.25, 0.3) is 104 Å². The third-order valence-corrected chi connectivity index (χ3v) is 14.2. The van der Waals surface area contributed by atoms with Crippen molar-refractivity contribution in [2.75, 3.05) is 0 Å². The van der Waals surface area contributed by atoms with Gasteiger partial charge in [-0.1, -0.05) is 157 Å². The van der Waals surface area contributed by atoms with E-state index in [1.165, 1.54) is 104 Å². The van der Waals surface area contributed by atoms with E-state index in [9.17, 15) is 0 Å². The molecule has 0 aliphatic rings. The number of halogens is 3. The predicted octanol–water partition coefficient (Wildman–Crippen LogP) is 17.9. The average Bonchev–Trinajstić information content (AvgIpc) is 4.11. The number of para-hydroxylation sites is 6. The first-order chi connectivity index (χ1) is 33.0. The quantitative estimate of drug-likeness (QED) is 0.171. The lowest BCUT2D eigenvalue weighted by Crippen LogP contribution is -1.95. The maximum Gasteiger partial charge on any atom is 0.0542 e. The summed E-state index contributed by atoms with van der Waals surface area (Å²) in [5, 5.41) is 10.2. The summed E-state index contributed by atoms with van der Waals surface area (Å²) >= 11 is 10.9. The van der Waals surface area contributed by atoms with Gasteiger partial charge in [-0.3, -0.25) is 0 Å². The number of hydrogen-bond donors (Lipinski definition) is 1. The van der Waals surface area contributed by atoms with Crippen molar-refractivity contribution in [3.63, 3.8) is 0 Å². The average molecular weight is 1070 g/mol. The minimum atomic E-state index is 0. The molecule has 0 saturated heterocycles. The zero-order chi connectivity index (χ0) is 45.0. The largest absolute Gasteiger partial charge is 0.355 e. The Hall–Kier alpha value is -7.10. The molecule has 0 atom stereocenters. The Morgan fingerprint density at radius 3 is 0.985 bits per heavy atom. The van der Waals surface area contributed by atoms with E-state index in [0.717, 1.165) is 13.4 Å². The maximum atomic E-state index is 3.69. The monoisotopic (exact) mass is 1060 g/mol. The molecule has 68 heavy (non-hydrogen) atoms. The van der Waals surface area contributed by atoms with Crippen LogP contribution in [0, 0.1) is 0 Å². The summed E-state index contributed by atoms with van der Waals surface area (Å²) in [5.41, 5.74) is 13.3. The van der Waals surface area contributed by atoms with Crippen LogP contribution < -0.4 is 0 Å². The lowest BCUT2D eigenvalue weighted by molar-refractivity contribution is 1.16. The molecule has 10 aromatic carbocycles. The van der Waals surface area contributed by atoms with Gasteiger partial charge in [0.1, 0.15) is 0 Å². The molecule has 0 aliphatic heterocycles. The normalized spacial score (nSPS) is 11.3. The van der Waals surface area contributed by atoms with Crippen molar-refractivity contribution in [1.82, 2.24) is 18.7 Å². The van der Waals surface area contributed by atoms with Gasteiger partial charge >= 0.3 is 0 Å². The van der Waals surface area contributed by atoms with Crippen molar-refractivity contribution < 1.29 is 0 Å². The molecule has 0 saturated carbocycles. The van der Waals surface area contributed by atoms with Crippen LogP contribution in [-0.2, 0) is 0 Å². The highest BCUT2D eigenvalue weighted by molar-refractivity contribution is 9.11. The zero-order valence-corrected chi connectivity index (χ0v) is 41.3. The van der Waals surface area contributed by atoms with E-state index in [4.69, 9.17) is 0 Å². The fourth-order valence-electron chi connectivity index (χ4n) is 9.80. The molecule has 3 radical (unpaired) electrons. The summed E-state index contributed by atoms with van der Waals surface area (Å²) in [5.74, 6) is 0. The molecule has 323 valence electrons. The van der Waals surface area contributed by atoms with Gasteiger partial charge < -0.3 is 18.7 Å². The third-order valence-electron chi connectivity index (χ3n) is 12.7. The van der Waals surface area contributed by atoms with Gasteiger partial charge in [0.15, 0.2) is 0 Å². The molecular weight excluding hydrogens is 1030 g/mol. The standard InChI is InChI=1S/C30H19BrN2.C18H11Br2N.C12H9N.B/c31-20-14-16-29-25(18-20)26-19-22(15-17-30(26)32(29)21-8-2-1-3-9-21)33-27-12-6-4-10-23(27)24-11-5-7-13-28(24)33;19-12-6-8-17-15(10-12)16-11-13(20)7-9-18(16)21(17)14-4-2-1-3-5-14;1-3-7-11-9(5-1)10-6-2-4-8-12(10)13-11;/h1-19H;1-11H;1-8,13H;. The molecule has 14 aromatic rings. The summed E-state index contributed by atoms with van der Waals surface area (Å²) in [6, 6.07) is 81.4. The Morgan fingerprint density at radius 2 is 0.559 bits per heavy atom. The maximum absolute atomic E-state index is 3.69. The van der Waals surface area contributed by atoms with Crippen molar-refractivity contribution in [2.24, 2.45) is 0 Å². The topological polar surface area (TPSA) is 30.6 Å². The van der Waals surface area contributed by atoms with E-state index in [1.807, 2.05) is 6.07 Å². The van der Waals surface area contributed by atoms with E-state index in [-0.39, 0.29) is 8.41 Å². The predicted molar refractivity (Wildman–Crippen MR) is 301 cm³/mol. The fraction of sp³-hybridized carbons (Fsp3) is 0. The molecule has 0 amide bonds.